The van der Waals surface area contributed by atoms with Gasteiger partial charge in [-0.1, -0.05) is 206 Å². The van der Waals surface area contributed by atoms with Crippen LogP contribution in [0.25, 0.3) is 0 Å². The number of rotatable bonds is 48. The molecule has 0 rings (SSSR count). The third-order valence-electron chi connectivity index (χ3n) is 10.6. The van der Waals surface area contributed by atoms with Crippen LogP contribution in [0.2, 0.25) is 0 Å². The lowest BCUT2D eigenvalue weighted by Crippen LogP contribution is -2.29. The van der Waals surface area contributed by atoms with Crippen molar-refractivity contribution in [1.29, 1.82) is 0 Å². The summed E-state index contributed by atoms with van der Waals surface area (Å²) in [6.07, 6.45) is 72.5. The normalized spacial score (nSPS) is 14.1. The van der Waals surface area contributed by atoms with E-state index in [0.717, 1.165) is 83.5 Å². The number of phosphoric ester groups is 1. The highest BCUT2D eigenvalue weighted by Gasteiger charge is 2.26. The highest BCUT2D eigenvalue weighted by molar-refractivity contribution is 7.47. The van der Waals surface area contributed by atoms with Crippen molar-refractivity contribution in [2.24, 2.45) is 5.73 Å². The molecule has 0 aliphatic heterocycles. The number of unbranched alkanes of at least 4 members (excludes halogenated alkanes) is 15. The summed E-state index contributed by atoms with van der Waals surface area (Å²) in [7, 11) is -4.41. The van der Waals surface area contributed by atoms with E-state index in [1.165, 1.54) is 70.6 Å². The van der Waals surface area contributed by atoms with Gasteiger partial charge >= 0.3 is 19.8 Å². The summed E-state index contributed by atoms with van der Waals surface area (Å²) in [6.45, 7) is 3.54. The molecule has 0 saturated heterocycles. The van der Waals surface area contributed by atoms with E-state index in [2.05, 4.69) is 129 Å². The van der Waals surface area contributed by atoms with Crippen molar-refractivity contribution in [1.82, 2.24) is 0 Å². The van der Waals surface area contributed by atoms with Crippen LogP contribution in [0.15, 0.2) is 122 Å². The lowest BCUT2D eigenvalue weighted by atomic mass is 10.1. The number of hydrogen-bond acceptors (Lipinski definition) is 8. The first kappa shape index (κ1) is 64.4. The zero-order valence-electron chi connectivity index (χ0n) is 42.8. The van der Waals surface area contributed by atoms with E-state index in [-0.39, 0.29) is 32.6 Å². The highest BCUT2D eigenvalue weighted by atomic mass is 31.2. The topological polar surface area (TPSA) is 134 Å². The highest BCUT2D eigenvalue weighted by Crippen LogP contribution is 2.43. The molecule has 68 heavy (non-hydrogen) atoms. The number of hydrogen-bond donors (Lipinski definition) is 2. The monoisotopic (exact) mass is 966 g/mol. The third kappa shape index (κ3) is 51.8. The smallest absolute Gasteiger partial charge is 0.462 e. The van der Waals surface area contributed by atoms with Gasteiger partial charge in [-0.15, -0.1) is 0 Å². The maximum atomic E-state index is 12.6. The molecule has 3 N–H and O–H groups in total. The third-order valence-corrected chi connectivity index (χ3v) is 11.6. The molecule has 0 bridgehead atoms. The second-order valence-corrected chi connectivity index (χ2v) is 18.5. The molecule has 0 aromatic carbocycles. The second kappa shape index (κ2) is 52.8. The van der Waals surface area contributed by atoms with Crippen molar-refractivity contribution in [2.75, 3.05) is 26.4 Å². The summed E-state index contributed by atoms with van der Waals surface area (Å²) in [6, 6.07) is 0. The molecule has 2 atom stereocenters. The van der Waals surface area contributed by atoms with Gasteiger partial charge in [0.15, 0.2) is 6.10 Å². The molecule has 0 aromatic rings. The minimum absolute atomic E-state index is 0.0371. The second-order valence-electron chi connectivity index (χ2n) is 17.0. The van der Waals surface area contributed by atoms with Gasteiger partial charge in [-0.3, -0.25) is 18.6 Å². The van der Waals surface area contributed by atoms with E-state index in [1.807, 2.05) is 6.08 Å². The Morgan fingerprint density at radius 2 is 0.824 bits per heavy atom. The standard InChI is InChI=1S/C58H96NO8P/c1-3-5-7-9-11-13-15-17-19-21-23-24-25-26-27-28-29-30-31-32-33-35-37-39-41-43-45-47-49-51-58(61)67-56(55-66-68(62,63)65-53-52-59)54-64-57(60)50-48-46-44-42-40-38-36-34-22-20-18-16-14-12-10-8-6-4-2/h5,7,11,13,17,19-20,22-24,26-27,29-30,32-33,37,39,43,45,56H,3-4,6,8-10,12,14-16,18,21,25,28,31,34-36,38,40-42,44,46-55,59H2,1-2H3,(H,62,63)/b7-5-,13-11-,19-17-,22-20-,24-23-,27-26-,30-29-,33-32-,39-37-,45-43-. The van der Waals surface area contributed by atoms with Crippen LogP contribution in [-0.4, -0.2) is 49.3 Å². The molecule has 0 amide bonds. The van der Waals surface area contributed by atoms with Crippen LogP contribution in [0.4, 0.5) is 0 Å². The van der Waals surface area contributed by atoms with Crippen LogP contribution >= 0.6 is 7.82 Å². The molecule has 0 saturated carbocycles. The Labute approximate surface area is 415 Å². The SMILES string of the molecule is CC/C=C\C/C=C\C/C=C\C/C=C\C/C=C\C/C=C\C/C=C\C/C=C\C/C=C\CCCC(=O)OC(COC(=O)CCCCCCCCC/C=C\CCCCCCCCC)COP(=O)(O)OCCN. The van der Waals surface area contributed by atoms with E-state index in [1.54, 1.807) is 0 Å². The number of ether oxygens (including phenoxy) is 2. The molecule has 2 unspecified atom stereocenters. The first-order chi connectivity index (χ1) is 33.3. The fourth-order valence-electron chi connectivity index (χ4n) is 6.69. The predicted molar refractivity (Wildman–Crippen MR) is 288 cm³/mol. The Hall–Kier alpha value is -3.59. The van der Waals surface area contributed by atoms with E-state index in [9.17, 15) is 19.0 Å². The van der Waals surface area contributed by atoms with Crippen molar-refractivity contribution >= 4 is 19.8 Å². The molecule has 0 aliphatic rings. The Balaban J connectivity index is 4.20. The molecule has 10 heteroatoms. The van der Waals surface area contributed by atoms with Crippen molar-refractivity contribution in [3.8, 4) is 0 Å². The first-order valence-electron chi connectivity index (χ1n) is 26.5. The fourth-order valence-corrected chi connectivity index (χ4v) is 7.45. The number of phosphoric acid groups is 1. The zero-order chi connectivity index (χ0) is 49.5. The van der Waals surface area contributed by atoms with E-state index in [4.69, 9.17) is 24.3 Å². The Morgan fingerprint density at radius 1 is 0.456 bits per heavy atom. The summed E-state index contributed by atoms with van der Waals surface area (Å²) in [5, 5.41) is 0. The number of nitrogens with two attached hydrogens (primary N) is 1. The van der Waals surface area contributed by atoms with Crippen LogP contribution in [0.3, 0.4) is 0 Å². The summed E-state index contributed by atoms with van der Waals surface area (Å²) >= 11 is 0. The van der Waals surface area contributed by atoms with E-state index in [0.29, 0.717) is 19.3 Å². The number of carbonyl (C=O) groups is 2. The summed E-state index contributed by atoms with van der Waals surface area (Å²) in [5.74, 6) is -0.911. The molecule has 0 fully saturated rings. The van der Waals surface area contributed by atoms with Gasteiger partial charge in [-0.05, 0) is 103 Å². The molecule has 0 aliphatic carbocycles. The van der Waals surface area contributed by atoms with Crippen LogP contribution in [0, 0.1) is 0 Å². The minimum Gasteiger partial charge on any atom is -0.462 e. The van der Waals surface area contributed by atoms with Gasteiger partial charge < -0.3 is 20.1 Å². The van der Waals surface area contributed by atoms with Crippen LogP contribution in [0.5, 0.6) is 0 Å². The van der Waals surface area contributed by atoms with E-state index < -0.39 is 32.5 Å². The molecule has 386 valence electrons. The number of carbonyl (C=O) groups excluding carboxylic acids is 2. The lowest BCUT2D eigenvalue weighted by molar-refractivity contribution is -0.161. The van der Waals surface area contributed by atoms with Crippen molar-refractivity contribution < 1.29 is 37.6 Å². The average molecular weight is 966 g/mol. The van der Waals surface area contributed by atoms with Gasteiger partial charge in [0.2, 0.25) is 0 Å². The van der Waals surface area contributed by atoms with Crippen LogP contribution < -0.4 is 5.73 Å². The minimum atomic E-state index is -4.41. The maximum Gasteiger partial charge on any atom is 0.472 e. The fraction of sp³-hybridized carbons (Fsp3) is 0.621. The summed E-state index contributed by atoms with van der Waals surface area (Å²) < 4.78 is 32.9. The molecule has 9 nitrogen and oxygen atoms in total. The van der Waals surface area contributed by atoms with Crippen LogP contribution in [-0.2, 0) is 32.7 Å². The van der Waals surface area contributed by atoms with Gasteiger partial charge in [0.05, 0.1) is 13.2 Å². The van der Waals surface area contributed by atoms with Gasteiger partial charge in [-0.2, -0.15) is 0 Å². The van der Waals surface area contributed by atoms with Gasteiger partial charge in [0, 0.05) is 19.4 Å². The molecule has 0 radical (unpaired) electrons. The lowest BCUT2D eigenvalue weighted by Gasteiger charge is -2.19. The quantitative estimate of drug-likeness (QED) is 0.0264. The molecular formula is C58H96NO8P. The summed E-state index contributed by atoms with van der Waals surface area (Å²) in [5.41, 5.74) is 5.36. The average Bonchev–Trinajstić information content (AvgIpc) is 3.33. The Morgan fingerprint density at radius 3 is 1.26 bits per heavy atom. The number of allylic oxidation sites excluding steroid dienone is 20. The Bertz CT molecular complexity index is 1520. The van der Waals surface area contributed by atoms with Crippen LogP contribution in [0.1, 0.15) is 200 Å². The molecule has 0 heterocycles. The largest absolute Gasteiger partial charge is 0.472 e. The predicted octanol–water partition coefficient (Wildman–Crippen LogP) is 16.4. The Kier molecular flexibility index (Phi) is 50.0. The van der Waals surface area contributed by atoms with Gasteiger partial charge in [0.1, 0.15) is 6.61 Å². The zero-order valence-corrected chi connectivity index (χ0v) is 43.7. The molecule has 0 aromatic heterocycles. The van der Waals surface area contributed by atoms with Crippen molar-refractivity contribution in [3.63, 3.8) is 0 Å². The van der Waals surface area contributed by atoms with Crippen molar-refractivity contribution in [2.45, 2.75) is 206 Å². The molecular weight excluding hydrogens is 870 g/mol. The van der Waals surface area contributed by atoms with E-state index >= 15 is 0 Å². The first-order valence-corrected chi connectivity index (χ1v) is 28.0. The molecule has 0 spiro atoms. The van der Waals surface area contributed by atoms with Crippen molar-refractivity contribution in [3.05, 3.63) is 122 Å². The maximum absolute atomic E-state index is 12.6. The summed E-state index contributed by atoms with van der Waals surface area (Å²) in [4.78, 5) is 35.1. The number of esters is 2. The van der Waals surface area contributed by atoms with Gasteiger partial charge in [-0.25, -0.2) is 4.57 Å². The van der Waals surface area contributed by atoms with Gasteiger partial charge in [0.25, 0.3) is 0 Å².